The van der Waals surface area contributed by atoms with E-state index in [2.05, 4.69) is 41.4 Å². The molecule has 1 aliphatic carbocycles. The number of nitrogens with one attached hydrogen (secondary N) is 2. The minimum absolute atomic E-state index is 0.198. The fraction of sp³-hybridized carbons (Fsp3) is 0.360. The molecule has 170 valence electrons. The van der Waals surface area contributed by atoms with Crippen molar-refractivity contribution in [2.45, 2.75) is 58.0 Å². The predicted molar refractivity (Wildman–Crippen MR) is 129 cm³/mol. The minimum atomic E-state index is -0.286. The van der Waals surface area contributed by atoms with Crippen molar-refractivity contribution >= 4 is 17.4 Å². The first-order valence-electron chi connectivity index (χ1n) is 11.4. The van der Waals surface area contributed by atoms with Crippen LogP contribution in [0.1, 0.15) is 46.5 Å². The van der Waals surface area contributed by atoms with Gasteiger partial charge in [0.2, 0.25) is 11.9 Å². The summed E-state index contributed by atoms with van der Waals surface area (Å²) >= 11 is 0. The van der Waals surface area contributed by atoms with Crippen molar-refractivity contribution < 1.29 is 4.39 Å². The summed E-state index contributed by atoms with van der Waals surface area (Å²) in [6.45, 7) is 6.22. The molecule has 3 aromatic heterocycles. The highest BCUT2D eigenvalue weighted by molar-refractivity contribution is 5.91. The van der Waals surface area contributed by atoms with Crippen LogP contribution in [-0.4, -0.2) is 36.1 Å². The number of hydrogen-bond acceptors (Lipinski definition) is 6. The number of anilines is 2. The van der Waals surface area contributed by atoms with Crippen LogP contribution in [0.5, 0.6) is 0 Å². The van der Waals surface area contributed by atoms with E-state index in [1.54, 1.807) is 29.0 Å². The lowest BCUT2D eigenvalue weighted by Crippen LogP contribution is -2.28. The third-order valence-corrected chi connectivity index (χ3v) is 5.76. The van der Waals surface area contributed by atoms with Gasteiger partial charge in [-0.05, 0) is 70.0 Å². The van der Waals surface area contributed by atoms with E-state index in [4.69, 9.17) is 10.1 Å². The van der Waals surface area contributed by atoms with Crippen LogP contribution in [0.15, 0.2) is 48.8 Å². The Balaban J connectivity index is 1.67. The number of fused-ring (bicyclic) bond motifs is 1. The third-order valence-electron chi connectivity index (χ3n) is 5.76. The largest absolute Gasteiger partial charge is 0.351 e. The molecular weight excluding hydrogens is 417 g/mol. The molecule has 4 aromatic rings. The van der Waals surface area contributed by atoms with Crippen molar-refractivity contribution in [2.24, 2.45) is 0 Å². The van der Waals surface area contributed by atoms with Gasteiger partial charge in [-0.1, -0.05) is 12.8 Å². The van der Waals surface area contributed by atoms with Crippen molar-refractivity contribution in [3.8, 4) is 22.5 Å². The van der Waals surface area contributed by atoms with Gasteiger partial charge in [0.15, 0.2) is 0 Å². The molecule has 0 amide bonds. The average Bonchev–Trinajstić information content (AvgIpc) is 3.42. The fourth-order valence-electron chi connectivity index (χ4n) is 4.28. The summed E-state index contributed by atoms with van der Waals surface area (Å²) in [6, 6.07) is 10.6. The maximum atomic E-state index is 13.7. The molecule has 0 aliphatic heterocycles. The van der Waals surface area contributed by atoms with Gasteiger partial charge in [0.1, 0.15) is 11.5 Å². The molecule has 1 aromatic carbocycles. The van der Waals surface area contributed by atoms with Gasteiger partial charge in [0.25, 0.3) is 0 Å². The van der Waals surface area contributed by atoms with Crippen LogP contribution in [0, 0.1) is 5.82 Å². The number of hydrogen-bond donors (Lipinski definition) is 2. The molecule has 0 saturated heterocycles. The van der Waals surface area contributed by atoms with Crippen molar-refractivity contribution in [3.05, 3.63) is 54.6 Å². The van der Waals surface area contributed by atoms with E-state index in [9.17, 15) is 4.39 Å². The van der Waals surface area contributed by atoms with Crippen LogP contribution >= 0.6 is 0 Å². The molecule has 0 spiro atoms. The molecule has 1 fully saturated rings. The number of benzene rings is 1. The second kappa shape index (κ2) is 8.42. The summed E-state index contributed by atoms with van der Waals surface area (Å²) in [7, 11) is 0. The molecule has 0 atom stereocenters. The normalized spacial score (nSPS) is 14.7. The summed E-state index contributed by atoms with van der Waals surface area (Å²) in [5, 5.41) is 11.8. The van der Waals surface area contributed by atoms with Gasteiger partial charge in [-0.25, -0.2) is 19.3 Å². The zero-order valence-corrected chi connectivity index (χ0v) is 19.1. The summed E-state index contributed by atoms with van der Waals surface area (Å²) in [6.07, 6.45) is 8.28. The van der Waals surface area contributed by atoms with Crippen molar-refractivity contribution in [3.63, 3.8) is 0 Å². The number of nitrogens with zero attached hydrogens (tertiary/aromatic N) is 5. The molecule has 7 nitrogen and oxygen atoms in total. The molecule has 1 saturated carbocycles. The Morgan fingerprint density at radius 1 is 0.970 bits per heavy atom. The number of halogens is 1. The molecule has 0 unspecified atom stereocenters. The smallest absolute Gasteiger partial charge is 0.224 e. The Bertz CT molecular complexity index is 1270. The molecular formula is C25H28FN7. The molecule has 0 radical (unpaired) electrons. The van der Waals surface area contributed by atoms with E-state index in [1.165, 1.54) is 25.0 Å². The topological polar surface area (TPSA) is 80.0 Å². The van der Waals surface area contributed by atoms with Gasteiger partial charge >= 0.3 is 0 Å². The van der Waals surface area contributed by atoms with Crippen LogP contribution in [0.3, 0.4) is 0 Å². The maximum Gasteiger partial charge on any atom is 0.224 e. The third kappa shape index (κ3) is 4.51. The first-order valence-corrected chi connectivity index (χ1v) is 11.4. The SMILES string of the molecule is CC(C)(C)Nc1nccc2c(-c3ccnc(NC4CCCC4)n3)c(-c3ccc(F)cc3)nn12. The molecule has 1 aliphatic rings. The van der Waals surface area contributed by atoms with Gasteiger partial charge in [-0.2, -0.15) is 9.61 Å². The van der Waals surface area contributed by atoms with E-state index < -0.39 is 0 Å². The van der Waals surface area contributed by atoms with Crippen LogP contribution in [0.4, 0.5) is 16.3 Å². The van der Waals surface area contributed by atoms with E-state index in [-0.39, 0.29) is 11.4 Å². The van der Waals surface area contributed by atoms with Gasteiger partial charge < -0.3 is 10.6 Å². The lowest BCUT2D eigenvalue weighted by Gasteiger charge is -2.21. The van der Waals surface area contributed by atoms with Crippen LogP contribution in [-0.2, 0) is 0 Å². The van der Waals surface area contributed by atoms with Gasteiger partial charge in [0, 0.05) is 29.5 Å². The van der Waals surface area contributed by atoms with E-state index in [1.807, 2.05) is 12.1 Å². The Morgan fingerprint density at radius 2 is 1.70 bits per heavy atom. The monoisotopic (exact) mass is 445 g/mol. The minimum Gasteiger partial charge on any atom is -0.351 e. The van der Waals surface area contributed by atoms with E-state index in [0.717, 1.165) is 35.2 Å². The first-order chi connectivity index (χ1) is 15.9. The second-order valence-corrected chi connectivity index (χ2v) is 9.56. The summed E-state index contributed by atoms with van der Waals surface area (Å²) < 4.78 is 15.4. The Morgan fingerprint density at radius 3 is 2.42 bits per heavy atom. The van der Waals surface area contributed by atoms with Gasteiger partial charge in [-0.3, -0.25) is 0 Å². The highest BCUT2D eigenvalue weighted by Gasteiger charge is 2.22. The average molecular weight is 446 g/mol. The maximum absolute atomic E-state index is 13.7. The van der Waals surface area contributed by atoms with Crippen LogP contribution in [0.25, 0.3) is 28.0 Å². The van der Waals surface area contributed by atoms with E-state index >= 15 is 0 Å². The quantitative estimate of drug-likeness (QED) is 0.419. The van der Waals surface area contributed by atoms with Crippen LogP contribution < -0.4 is 10.6 Å². The Kier molecular flexibility index (Phi) is 5.44. The zero-order chi connectivity index (χ0) is 23.0. The zero-order valence-electron chi connectivity index (χ0n) is 19.1. The molecule has 5 rings (SSSR count). The van der Waals surface area contributed by atoms with Crippen molar-refractivity contribution in [2.75, 3.05) is 10.6 Å². The number of rotatable bonds is 5. The second-order valence-electron chi connectivity index (χ2n) is 9.56. The molecule has 33 heavy (non-hydrogen) atoms. The predicted octanol–water partition coefficient (Wildman–Crippen LogP) is 5.56. The van der Waals surface area contributed by atoms with Crippen molar-refractivity contribution in [1.82, 2.24) is 24.6 Å². The molecule has 8 heteroatoms. The fourth-order valence-corrected chi connectivity index (χ4v) is 4.28. The highest BCUT2D eigenvalue weighted by atomic mass is 19.1. The lowest BCUT2D eigenvalue weighted by molar-refractivity contribution is 0.620. The molecule has 2 N–H and O–H groups in total. The molecule has 0 bridgehead atoms. The Hall–Kier alpha value is -3.55. The number of aromatic nitrogens is 5. The summed E-state index contributed by atoms with van der Waals surface area (Å²) in [5.74, 6) is 0.963. The Labute approximate surface area is 192 Å². The van der Waals surface area contributed by atoms with Gasteiger partial charge in [-0.15, -0.1) is 0 Å². The summed E-state index contributed by atoms with van der Waals surface area (Å²) in [5.41, 5.74) is 3.80. The van der Waals surface area contributed by atoms with Crippen LogP contribution in [0.2, 0.25) is 0 Å². The van der Waals surface area contributed by atoms with Crippen molar-refractivity contribution in [1.29, 1.82) is 0 Å². The van der Waals surface area contributed by atoms with Gasteiger partial charge in [0.05, 0.1) is 16.8 Å². The first kappa shape index (κ1) is 21.3. The molecule has 3 heterocycles. The van der Waals surface area contributed by atoms with E-state index in [0.29, 0.717) is 23.6 Å². The summed E-state index contributed by atoms with van der Waals surface area (Å²) in [4.78, 5) is 13.8. The standard InChI is InChI=1S/C25H28FN7/c1-25(2,3)31-24-28-15-13-20-21(22(32-33(20)24)16-8-10-17(26)11-9-16)19-12-14-27-23(30-19)29-18-6-4-5-7-18/h8-15,18H,4-7H2,1-3H3,(H,28,31)(H,27,29,30). The highest BCUT2D eigenvalue weighted by Crippen LogP contribution is 2.35. The lowest BCUT2D eigenvalue weighted by atomic mass is 10.0.